The standard InChI is InChI=1S/C20H30O2/c1-3-4-5-9-12-19(20(21)22)16-14-17(2)13-15-18-10-7-6-8-11-18/h6-8,10-11,14,16-17,19H,3-5,9,12-13,15H2,1-2H3,(H,21,22). The maximum atomic E-state index is 11.3. The highest BCUT2D eigenvalue weighted by Crippen LogP contribution is 2.16. The van der Waals surface area contributed by atoms with Crippen molar-refractivity contribution in [3.05, 3.63) is 48.0 Å². The molecule has 0 heterocycles. The van der Waals surface area contributed by atoms with Crippen molar-refractivity contribution in [1.82, 2.24) is 0 Å². The Morgan fingerprint density at radius 2 is 1.82 bits per heavy atom. The van der Waals surface area contributed by atoms with Crippen LogP contribution in [0.2, 0.25) is 0 Å². The minimum absolute atomic E-state index is 0.323. The van der Waals surface area contributed by atoms with Crippen molar-refractivity contribution in [3.63, 3.8) is 0 Å². The first kappa shape index (κ1) is 18.5. The van der Waals surface area contributed by atoms with Crippen LogP contribution in [0.3, 0.4) is 0 Å². The van der Waals surface area contributed by atoms with Crippen molar-refractivity contribution in [2.75, 3.05) is 0 Å². The van der Waals surface area contributed by atoms with E-state index in [0.29, 0.717) is 5.92 Å². The predicted molar refractivity (Wildman–Crippen MR) is 93.0 cm³/mol. The van der Waals surface area contributed by atoms with Gasteiger partial charge in [-0.2, -0.15) is 0 Å². The molecule has 2 unspecified atom stereocenters. The van der Waals surface area contributed by atoms with Gasteiger partial charge in [0, 0.05) is 0 Å². The first-order valence-electron chi connectivity index (χ1n) is 8.58. The zero-order valence-corrected chi connectivity index (χ0v) is 14.0. The Balaban J connectivity index is 2.36. The molecule has 0 spiro atoms. The van der Waals surface area contributed by atoms with Gasteiger partial charge in [-0.05, 0) is 30.7 Å². The molecule has 0 aliphatic carbocycles. The number of carboxylic acid groups (broad SMARTS) is 1. The third-order valence-electron chi connectivity index (χ3n) is 4.09. The van der Waals surface area contributed by atoms with Crippen molar-refractivity contribution in [2.24, 2.45) is 11.8 Å². The molecule has 1 N–H and O–H groups in total. The van der Waals surface area contributed by atoms with Gasteiger partial charge in [-0.25, -0.2) is 0 Å². The quantitative estimate of drug-likeness (QED) is 0.434. The predicted octanol–water partition coefficient (Wildman–Crippen LogP) is 5.48. The molecule has 0 aliphatic heterocycles. The van der Waals surface area contributed by atoms with Crippen LogP contribution in [-0.4, -0.2) is 11.1 Å². The van der Waals surface area contributed by atoms with E-state index in [2.05, 4.69) is 44.2 Å². The molecule has 1 aromatic rings. The molecule has 0 radical (unpaired) electrons. The molecule has 22 heavy (non-hydrogen) atoms. The van der Waals surface area contributed by atoms with Gasteiger partial charge < -0.3 is 5.11 Å². The molecular weight excluding hydrogens is 272 g/mol. The van der Waals surface area contributed by atoms with E-state index in [1.807, 2.05) is 12.1 Å². The van der Waals surface area contributed by atoms with E-state index in [-0.39, 0.29) is 5.92 Å². The third kappa shape index (κ3) is 8.02. The number of hydrogen-bond donors (Lipinski definition) is 1. The Morgan fingerprint density at radius 1 is 1.09 bits per heavy atom. The highest BCUT2D eigenvalue weighted by Gasteiger charge is 2.13. The van der Waals surface area contributed by atoms with Crippen LogP contribution in [0.5, 0.6) is 0 Å². The molecule has 122 valence electrons. The number of allylic oxidation sites excluding steroid dienone is 1. The Bertz CT molecular complexity index is 436. The van der Waals surface area contributed by atoms with Crippen molar-refractivity contribution in [1.29, 1.82) is 0 Å². The SMILES string of the molecule is CCCCCCC(C=CC(C)CCc1ccccc1)C(=O)O. The molecule has 0 saturated heterocycles. The van der Waals surface area contributed by atoms with Gasteiger partial charge in [0.15, 0.2) is 0 Å². The van der Waals surface area contributed by atoms with Gasteiger partial charge in [-0.1, -0.05) is 82.0 Å². The normalized spacial score (nSPS) is 14.1. The summed E-state index contributed by atoms with van der Waals surface area (Å²) in [6, 6.07) is 10.4. The molecule has 0 amide bonds. The van der Waals surface area contributed by atoms with Gasteiger partial charge in [0.2, 0.25) is 0 Å². The van der Waals surface area contributed by atoms with Crippen LogP contribution in [0.1, 0.15) is 57.9 Å². The van der Waals surface area contributed by atoms with Crippen molar-refractivity contribution in [3.8, 4) is 0 Å². The second-order valence-electron chi connectivity index (χ2n) is 6.18. The second kappa shape index (κ2) is 11.1. The van der Waals surface area contributed by atoms with Crippen molar-refractivity contribution >= 4 is 5.97 Å². The number of carboxylic acids is 1. The van der Waals surface area contributed by atoms with Gasteiger partial charge in [0.1, 0.15) is 0 Å². The Labute approximate surface area is 135 Å². The van der Waals surface area contributed by atoms with E-state index in [1.54, 1.807) is 0 Å². The van der Waals surface area contributed by atoms with Gasteiger partial charge in [-0.3, -0.25) is 4.79 Å². The summed E-state index contributed by atoms with van der Waals surface area (Å²) in [6.45, 7) is 4.33. The summed E-state index contributed by atoms with van der Waals surface area (Å²) in [5.41, 5.74) is 1.34. The highest BCUT2D eigenvalue weighted by molar-refractivity contribution is 5.72. The average molecular weight is 302 g/mol. The maximum Gasteiger partial charge on any atom is 0.310 e. The lowest BCUT2D eigenvalue weighted by Crippen LogP contribution is -2.11. The van der Waals surface area contributed by atoms with Crippen LogP contribution in [0.15, 0.2) is 42.5 Å². The highest BCUT2D eigenvalue weighted by atomic mass is 16.4. The van der Waals surface area contributed by atoms with Crippen LogP contribution in [0, 0.1) is 11.8 Å². The van der Waals surface area contributed by atoms with E-state index in [1.165, 1.54) is 18.4 Å². The average Bonchev–Trinajstić information content (AvgIpc) is 2.52. The summed E-state index contributed by atoms with van der Waals surface area (Å²) in [7, 11) is 0. The summed E-state index contributed by atoms with van der Waals surface area (Å²) in [4.78, 5) is 11.3. The number of aryl methyl sites for hydroxylation is 1. The number of unbranched alkanes of at least 4 members (excludes halogenated alkanes) is 3. The lowest BCUT2D eigenvalue weighted by molar-refractivity contribution is -0.140. The van der Waals surface area contributed by atoms with E-state index in [0.717, 1.165) is 32.1 Å². The fourth-order valence-corrected chi connectivity index (χ4v) is 2.55. The summed E-state index contributed by atoms with van der Waals surface area (Å²) >= 11 is 0. The molecule has 0 bridgehead atoms. The number of rotatable bonds is 11. The summed E-state index contributed by atoms with van der Waals surface area (Å²) < 4.78 is 0. The molecule has 0 aliphatic rings. The monoisotopic (exact) mass is 302 g/mol. The number of benzene rings is 1. The lowest BCUT2D eigenvalue weighted by atomic mass is 9.96. The first-order chi connectivity index (χ1) is 10.6. The molecular formula is C20H30O2. The molecule has 0 fully saturated rings. The topological polar surface area (TPSA) is 37.3 Å². The molecule has 1 rings (SSSR count). The molecule has 0 saturated carbocycles. The van der Waals surface area contributed by atoms with E-state index < -0.39 is 5.97 Å². The fraction of sp³-hybridized carbons (Fsp3) is 0.550. The lowest BCUT2D eigenvalue weighted by Gasteiger charge is -2.10. The van der Waals surface area contributed by atoms with E-state index in [4.69, 9.17) is 0 Å². The number of hydrogen-bond acceptors (Lipinski definition) is 1. The number of carbonyl (C=O) groups is 1. The van der Waals surface area contributed by atoms with Gasteiger partial charge >= 0.3 is 5.97 Å². The van der Waals surface area contributed by atoms with Crippen LogP contribution < -0.4 is 0 Å². The van der Waals surface area contributed by atoms with Gasteiger partial charge in [0.25, 0.3) is 0 Å². The minimum atomic E-state index is -0.692. The summed E-state index contributed by atoms with van der Waals surface area (Å²) in [5.74, 6) is -0.600. The molecule has 1 aromatic carbocycles. The second-order valence-corrected chi connectivity index (χ2v) is 6.18. The zero-order chi connectivity index (χ0) is 16.2. The molecule has 2 atom stereocenters. The zero-order valence-electron chi connectivity index (χ0n) is 14.0. The number of aliphatic carboxylic acids is 1. The summed E-state index contributed by atoms with van der Waals surface area (Å²) in [6.07, 6.45) is 11.4. The van der Waals surface area contributed by atoms with Crippen LogP contribution >= 0.6 is 0 Å². The molecule has 2 nitrogen and oxygen atoms in total. The molecule has 2 heteroatoms. The minimum Gasteiger partial charge on any atom is -0.481 e. The Kier molecular flexibility index (Phi) is 9.29. The summed E-state index contributed by atoms with van der Waals surface area (Å²) in [5, 5.41) is 9.30. The largest absolute Gasteiger partial charge is 0.481 e. The van der Waals surface area contributed by atoms with E-state index >= 15 is 0 Å². The van der Waals surface area contributed by atoms with Crippen LogP contribution in [0.25, 0.3) is 0 Å². The first-order valence-corrected chi connectivity index (χ1v) is 8.58. The Morgan fingerprint density at radius 3 is 2.45 bits per heavy atom. The van der Waals surface area contributed by atoms with Crippen LogP contribution in [0.4, 0.5) is 0 Å². The molecule has 0 aromatic heterocycles. The van der Waals surface area contributed by atoms with E-state index in [9.17, 15) is 9.90 Å². The van der Waals surface area contributed by atoms with Crippen molar-refractivity contribution < 1.29 is 9.90 Å². The van der Waals surface area contributed by atoms with Gasteiger partial charge in [0.05, 0.1) is 5.92 Å². The smallest absolute Gasteiger partial charge is 0.310 e. The van der Waals surface area contributed by atoms with Crippen molar-refractivity contribution in [2.45, 2.75) is 58.8 Å². The van der Waals surface area contributed by atoms with Crippen LogP contribution in [-0.2, 0) is 11.2 Å². The maximum absolute atomic E-state index is 11.3. The third-order valence-corrected chi connectivity index (χ3v) is 4.09. The fourth-order valence-electron chi connectivity index (χ4n) is 2.55. The Hall–Kier alpha value is -1.57. The van der Waals surface area contributed by atoms with Gasteiger partial charge in [-0.15, -0.1) is 0 Å².